The Bertz CT molecular complexity index is 539. The Morgan fingerprint density at radius 3 is 3.00 bits per heavy atom. The molecule has 6 nitrogen and oxygen atoms in total. The summed E-state index contributed by atoms with van der Waals surface area (Å²) in [6, 6.07) is 1.50. The van der Waals surface area contributed by atoms with Gasteiger partial charge in [0.25, 0.3) is 5.56 Å². The summed E-state index contributed by atoms with van der Waals surface area (Å²) in [4.78, 5) is 31.8. The summed E-state index contributed by atoms with van der Waals surface area (Å²) in [5.74, 6) is 0.853. The number of hydrogen-bond donors (Lipinski definition) is 2. The van der Waals surface area contributed by atoms with Gasteiger partial charge in [0.05, 0.1) is 0 Å². The number of carboxylic acids is 1. The standard InChI is InChI=1S/C14H21N3O3/c1-9(2)14-15-11(7-12(18)16-14)17-5-3-4-10(8-17)6-13(19)20/h7,9-10H,3-6,8H2,1-2H3,(H,19,20)(H,15,16,18). The molecule has 2 rings (SSSR count). The third-order valence-corrected chi connectivity index (χ3v) is 3.60. The van der Waals surface area contributed by atoms with E-state index in [0.29, 0.717) is 18.2 Å². The van der Waals surface area contributed by atoms with Crippen molar-refractivity contribution in [2.24, 2.45) is 5.92 Å². The summed E-state index contributed by atoms with van der Waals surface area (Å²) < 4.78 is 0. The van der Waals surface area contributed by atoms with Gasteiger partial charge < -0.3 is 15.0 Å². The van der Waals surface area contributed by atoms with Crippen LogP contribution in [0.5, 0.6) is 0 Å². The number of H-pyrrole nitrogens is 1. The van der Waals surface area contributed by atoms with Gasteiger partial charge in [-0.15, -0.1) is 0 Å². The molecule has 2 heterocycles. The number of carbonyl (C=O) groups is 1. The second kappa shape index (κ2) is 6.07. The maximum absolute atomic E-state index is 11.7. The zero-order valence-electron chi connectivity index (χ0n) is 11.9. The molecule has 1 aromatic heterocycles. The Labute approximate surface area is 117 Å². The normalized spacial score (nSPS) is 19.4. The lowest BCUT2D eigenvalue weighted by Crippen LogP contribution is -2.37. The highest BCUT2D eigenvalue weighted by molar-refractivity contribution is 5.67. The third kappa shape index (κ3) is 3.59. The molecule has 1 aliphatic rings. The Morgan fingerprint density at radius 2 is 2.35 bits per heavy atom. The lowest BCUT2D eigenvalue weighted by atomic mass is 9.95. The Morgan fingerprint density at radius 1 is 1.60 bits per heavy atom. The van der Waals surface area contributed by atoms with Crippen LogP contribution in [0.3, 0.4) is 0 Å². The maximum atomic E-state index is 11.7. The molecule has 0 radical (unpaired) electrons. The molecule has 1 aromatic rings. The highest BCUT2D eigenvalue weighted by atomic mass is 16.4. The number of piperidine rings is 1. The molecule has 0 aliphatic carbocycles. The van der Waals surface area contributed by atoms with Crippen LogP contribution in [0.25, 0.3) is 0 Å². The molecule has 1 atom stereocenters. The van der Waals surface area contributed by atoms with E-state index in [4.69, 9.17) is 5.11 Å². The zero-order chi connectivity index (χ0) is 14.7. The van der Waals surface area contributed by atoms with Crippen LogP contribution in [0.2, 0.25) is 0 Å². The lowest BCUT2D eigenvalue weighted by molar-refractivity contribution is -0.138. The largest absolute Gasteiger partial charge is 0.481 e. The quantitative estimate of drug-likeness (QED) is 0.874. The van der Waals surface area contributed by atoms with Gasteiger partial charge in [0, 0.05) is 31.5 Å². The van der Waals surface area contributed by atoms with Crippen molar-refractivity contribution in [3.63, 3.8) is 0 Å². The molecule has 0 bridgehead atoms. The number of anilines is 1. The van der Waals surface area contributed by atoms with Crippen molar-refractivity contribution < 1.29 is 9.90 Å². The number of aliphatic carboxylic acids is 1. The van der Waals surface area contributed by atoms with Crippen LogP contribution < -0.4 is 10.5 Å². The molecule has 110 valence electrons. The average Bonchev–Trinajstić information content (AvgIpc) is 2.37. The first-order chi connectivity index (χ1) is 9.45. The minimum atomic E-state index is -0.765. The van der Waals surface area contributed by atoms with Crippen LogP contribution in [0.1, 0.15) is 44.9 Å². The van der Waals surface area contributed by atoms with Gasteiger partial charge in [-0.1, -0.05) is 13.8 Å². The van der Waals surface area contributed by atoms with Gasteiger partial charge in [-0.25, -0.2) is 4.98 Å². The molecule has 2 N–H and O–H groups in total. The molecular weight excluding hydrogens is 258 g/mol. The first-order valence-corrected chi connectivity index (χ1v) is 7.03. The summed E-state index contributed by atoms with van der Waals surface area (Å²) >= 11 is 0. The van der Waals surface area contributed by atoms with Crippen molar-refractivity contribution in [1.29, 1.82) is 0 Å². The molecule has 0 spiro atoms. The van der Waals surface area contributed by atoms with Crippen molar-refractivity contribution in [2.45, 2.75) is 39.0 Å². The fraction of sp³-hybridized carbons (Fsp3) is 0.643. The van der Waals surface area contributed by atoms with Gasteiger partial charge in [0.2, 0.25) is 0 Å². The van der Waals surface area contributed by atoms with Crippen molar-refractivity contribution in [2.75, 3.05) is 18.0 Å². The molecule has 0 amide bonds. The van der Waals surface area contributed by atoms with E-state index in [1.54, 1.807) is 0 Å². The number of aromatic nitrogens is 2. The molecule has 1 aliphatic heterocycles. The van der Waals surface area contributed by atoms with E-state index in [0.717, 1.165) is 19.4 Å². The van der Waals surface area contributed by atoms with E-state index in [1.165, 1.54) is 6.07 Å². The van der Waals surface area contributed by atoms with Gasteiger partial charge in [0.15, 0.2) is 0 Å². The Hall–Kier alpha value is -1.85. The Balaban J connectivity index is 2.18. The zero-order valence-corrected chi connectivity index (χ0v) is 11.9. The Kier molecular flexibility index (Phi) is 4.42. The molecule has 1 saturated heterocycles. The van der Waals surface area contributed by atoms with Crippen LogP contribution in [0.4, 0.5) is 5.82 Å². The summed E-state index contributed by atoms with van der Waals surface area (Å²) in [6.45, 7) is 5.43. The van der Waals surface area contributed by atoms with Gasteiger partial charge in [-0.3, -0.25) is 9.59 Å². The first-order valence-electron chi connectivity index (χ1n) is 7.03. The van der Waals surface area contributed by atoms with Crippen LogP contribution in [0, 0.1) is 5.92 Å². The minimum absolute atomic E-state index is 0.129. The highest BCUT2D eigenvalue weighted by Crippen LogP contribution is 2.23. The molecule has 1 fully saturated rings. The van der Waals surface area contributed by atoms with E-state index in [9.17, 15) is 9.59 Å². The van der Waals surface area contributed by atoms with Crippen molar-refractivity contribution in [3.8, 4) is 0 Å². The predicted octanol–water partition coefficient (Wildman–Crippen LogP) is 1.58. The molecule has 0 saturated carbocycles. The fourth-order valence-electron chi connectivity index (χ4n) is 2.59. The third-order valence-electron chi connectivity index (χ3n) is 3.60. The van der Waals surface area contributed by atoms with E-state index in [2.05, 4.69) is 9.97 Å². The fourth-order valence-corrected chi connectivity index (χ4v) is 2.59. The van der Waals surface area contributed by atoms with E-state index < -0.39 is 5.97 Å². The van der Waals surface area contributed by atoms with Crippen LogP contribution in [-0.4, -0.2) is 34.1 Å². The molecule has 0 aromatic carbocycles. The predicted molar refractivity (Wildman–Crippen MR) is 76.1 cm³/mol. The topological polar surface area (TPSA) is 86.3 Å². The number of hydrogen-bond acceptors (Lipinski definition) is 4. The number of nitrogens with zero attached hydrogens (tertiary/aromatic N) is 2. The van der Waals surface area contributed by atoms with Gasteiger partial charge in [-0.05, 0) is 18.8 Å². The van der Waals surface area contributed by atoms with Gasteiger partial charge in [0.1, 0.15) is 11.6 Å². The number of rotatable bonds is 4. The van der Waals surface area contributed by atoms with Crippen LogP contribution >= 0.6 is 0 Å². The monoisotopic (exact) mass is 279 g/mol. The van der Waals surface area contributed by atoms with Crippen molar-refractivity contribution in [1.82, 2.24) is 9.97 Å². The highest BCUT2D eigenvalue weighted by Gasteiger charge is 2.23. The number of nitrogens with one attached hydrogen (secondary N) is 1. The molecular formula is C14H21N3O3. The second-order valence-corrected chi connectivity index (χ2v) is 5.70. The van der Waals surface area contributed by atoms with Gasteiger partial charge >= 0.3 is 5.97 Å². The molecule has 6 heteroatoms. The second-order valence-electron chi connectivity index (χ2n) is 5.70. The summed E-state index contributed by atoms with van der Waals surface area (Å²) in [5.41, 5.74) is -0.154. The van der Waals surface area contributed by atoms with E-state index >= 15 is 0 Å². The van der Waals surface area contributed by atoms with Gasteiger partial charge in [-0.2, -0.15) is 0 Å². The SMILES string of the molecule is CC(C)c1nc(N2CCCC(CC(=O)O)C2)cc(=O)[nH]1. The van der Waals surface area contributed by atoms with Crippen LogP contribution in [-0.2, 0) is 4.79 Å². The number of carboxylic acid groups (broad SMARTS) is 1. The number of aromatic amines is 1. The first kappa shape index (κ1) is 14.6. The lowest BCUT2D eigenvalue weighted by Gasteiger charge is -2.33. The van der Waals surface area contributed by atoms with Crippen molar-refractivity contribution in [3.05, 3.63) is 22.2 Å². The molecule has 1 unspecified atom stereocenters. The minimum Gasteiger partial charge on any atom is -0.481 e. The summed E-state index contributed by atoms with van der Waals surface area (Å²) in [6.07, 6.45) is 2.03. The molecule has 20 heavy (non-hydrogen) atoms. The smallest absolute Gasteiger partial charge is 0.303 e. The van der Waals surface area contributed by atoms with Crippen LogP contribution in [0.15, 0.2) is 10.9 Å². The van der Waals surface area contributed by atoms with E-state index in [1.807, 2.05) is 18.7 Å². The average molecular weight is 279 g/mol. The summed E-state index contributed by atoms with van der Waals surface area (Å²) in [7, 11) is 0. The maximum Gasteiger partial charge on any atom is 0.303 e. The van der Waals surface area contributed by atoms with E-state index in [-0.39, 0.29) is 23.8 Å². The van der Waals surface area contributed by atoms with Crippen molar-refractivity contribution >= 4 is 11.8 Å². The summed E-state index contributed by atoms with van der Waals surface area (Å²) in [5, 5.41) is 8.89.